The normalized spacial score (nSPS) is 29.5. The highest BCUT2D eigenvalue weighted by Crippen LogP contribution is 2.34. The number of carbonyl (C=O) groups is 1. The van der Waals surface area contributed by atoms with E-state index >= 15 is 0 Å². The lowest BCUT2D eigenvalue weighted by Crippen LogP contribution is -2.41. The average Bonchev–Trinajstić information content (AvgIpc) is 3.01. The third-order valence-electron chi connectivity index (χ3n) is 3.72. The Morgan fingerprint density at radius 2 is 2.39 bits per heavy atom. The monoisotopic (exact) mass is 247 g/mol. The molecule has 0 saturated carbocycles. The molecule has 2 aliphatic rings. The van der Waals surface area contributed by atoms with Crippen molar-refractivity contribution >= 4 is 5.91 Å². The lowest BCUT2D eigenvalue weighted by Gasteiger charge is -2.19. The van der Waals surface area contributed by atoms with Crippen molar-refractivity contribution in [2.24, 2.45) is 5.73 Å². The largest absolute Gasteiger partial charge is 0.373 e. The van der Waals surface area contributed by atoms with Gasteiger partial charge in [-0.2, -0.15) is 0 Å². The van der Waals surface area contributed by atoms with Crippen LogP contribution >= 0.6 is 0 Å². The molecule has 0 aliphatic carbocycles. The summed E-state index contributed by atoms with van der Waals surface area (Å²) in [6.07, 6.45) is 5.29. The highest BCUT2D eigenvalue weighted by atomic mass is 16.5. The summed E-state index contributed by atoms with van der Waals surface area (Å²) in [5.74, 6) is -0.125. The molecule has 96 valence electrons. The number of hydrogen-bond acceptors (Lipinski definition) is 4. The molecule has 0 spiro atoms. The molecule has 5 nitrogen and oxygen atoms in total. The molecule has 2 bridgehead atoms. The molecule has 1 aromatic heterocycles. The summed E-state index contributed by atoms with van der Waals surface area (Å²) >= 11 is 0. The first kappa shape index (κ1) is 11.6. The zero-order chi connectivity index (χ0) is 12.5. The zero-order valence-electron chi connectivity index (χ0n) is 10.1. The smallest absolute Gasteiger partial charge is 0.270 e. The van der Waals surface area contributed by atoms with E-state index in [4.69, 9.17) is 10.5 Å². The molecule has 3 unspecified atom stereocenters. The number of amides is 1. The lowest BCUT2D eigenvalue weighted by atomic mass is 9.95. The summed E-state index contributed by atoms with van der Waals surface area (Å²) in [7, 11) is 0. The van der Waals surface area contributed by atoms with Crippen LogP contribution in [0, 0.1) is 0 Å². The number of nitrogens with two attached hydrogens (primary N) is 1. The van der Waals surface area contributed by atoms with Crippen molar-refractivity contribution in [2.75, 3.05) is 0 Å². The molecule has 5 heteroatoms. The van der Waals surface area contributed by atoms with Crippen molar-refractivity contribution in [2.45, 2.75) is 44.1 Å². The Hall–Kier alpha value is -1.46. The van der Waals surface area contributed by atoms with Crippen molar-refractivity contribution in [3.8, 4) is 0 Å². The highest BCUT2D eigenvalue weighted by molar-refractivity contribution is 5.92. The van der Waals surface area contributed by atoms with Crippen LogP contribution in [-0.2, 0) is 11.3 Å². The van der Waals surface area contributed by atoms with E-state index in [9.17, 15) is 4.79 Å². The van der Waals surface area contributed by atoms with E-state index in [1.807, 2.05) is 6.07 Å². The number of nitrogens with zero attached hydrogens (tertiary/aromatic N) is 1. The van der Waals surface area contributed by atoms with Gasteiger partial charge in [-0.05, 0) is 30.9 Å². The summed E-state index contributed by atoms with van der Waals surface area (Å²) in [5.41, 5.74) is 6.86. The molecule has 0 aromatic carbocycles. The van der Waals surface area contributed by atoms with Gasteiger partial charge in [0.2, 0.25) is 0 Å². The predicted octanol–water partition coefficient (Wildman–Crippen LogP) is 0.590. The van der Waals surface area contributed by atoms with Crippen molar-refractivity contribution in [3.63, 3.8) is 0 Å². The molecule has 1 amide bonds. The maximum absolute atomic E-state index is 12.0. The van der Waals surface area contributed by atoms with E-state index in [2.05, 4.69) is 10.3 Å². The summed E-state index contributed by atoms with van der Waals surface area (Å²) in [6.45, 7) is 0.440. The first-order valence-corrected chi connectivity index (χ1v) is 6.37. The standard InChI is InChI=1S/C13H17N3O2/c14-6-8-1-3-10(15-7-8)13(17)16-11-5-9-2-4-12(11)18-9/h1,3,7,9,11-12H,2,4-6,14H2,(H,16,17). The molecule has 3 heterocycles. The van der Waals surface area contributed by atoms with Gasteiger partial charge in [0, 0.05) is 12.7 Å². The molecule has 3 rings (SSSR count). The SMILES string of the molecule is NCc1ccc(C(=O)NC2CC3CCC2O3)nc1. The summed E-state index contributed by atoms with van der Waals surface area (Å²) < 4.78 is 5.71. The molecule has 2 aliphatic heterocycles. The van der Waals surface area contributed by atoms with E-state index < -0.39 is 0 Å². The Kier molecular flexibility index (Phi) is 3.01. The average molecular weight is 247 g/mol. The zero-order valence-corrected chi connectivity index (χ0v) is 10.1. The van der Waals surface area contributed by atoms with Gasteiger partial charge in [0.15, 0.2) is 0 Å². The second-order valence-electron chi connectivity index (χ2n) is 4.95. The van der Waals surface area contributed by atoms with E-state index in [0.29, 0.717) is 18.3 Å². The minimum absolute atomic E-state index is 0.125. The Morgan fingerprint density at radius 1 is 1.50 bits per heavy atom. The van der Waals surface area contributed by atoms with Crippen LogP contribution in [0.15, 0.2) is 18.3 Å². The summed E-state index contributed by atoms with van der Waals surface area (Å²) in [5, 5.41) is 3.01. The Morgan fingerprint density at radius 3 is 2.94 bits per heavy atom. The molecular formula is C13H17N3O2. The summed E-state index contributed by atoms with van der Waals surface area (Å²) in [4.78, 5) is 16.1. The van der Waals surface area contributed by atoms with Crippen LogP contribution in [0.3, 0.4) is 0 Å². The second-order valence-corrected chi connectivity index (χ2v) is 4.95. The first-order chi connectivity index (χ1) is 8.76. The van der Waals surface area contributed by atoms with E-state index in [-0.39, 0.29) is 18.1 Å². The number of ether oxygens (including phenoxy) is 1. The third kappa shape index (κ3) is 2.11. The van der Waals surface area contributed by atoms with Crippen molar-refractivity contribution < 1.29 is 9.53 Å². The number of aromatic nitrogens is 1. The number of hydrogen-bond donors (Lipinski definition) is 2. The van der Waals surface area contributed by atoms with Gasteiger partial charge in [0.25, 0.3) is 5.91 Å². The number of pyridine rings is 1. The Labute approximate surface area is 106 Å². The maximum Gasteiger partial charge on any atom is 0.270 e. The van der Waals surface area contributed by atoms with Gasteiger partial charge < -0.3 is 15.8 Å². The second kappa shape index (κ2) is 4.66. The van der Waals surface area contributed by atoms with Gasteiger partial charge in [0.05, 0.1) is 18.2 Å². The van der Waals surface area contributed by atoms with Crippen molar-refractivity contribution in [3.05, 3.63) is 29.6 Å². The quantitative estimate of drug-likeness (QED) is 0.819. The van der Waals surface area contributed by atoms with Gasteiger partial charge in [0.1, 0.15) is 5.69 Å². The Balaban J connectivity index is 1.64. The number of fused-ring (bicyclic) bond motifs is 2. The third-order valence-corrected chi connectivity index (χ3v) is 3.72. The fourth-order valence-electron chi connectivity index (χ4n) is 2.71. The van der Waals surface area contributed by atoms with E-state index in [1.54, 1.807) is 12.3 Å². The molecule has 1 aromatic rings. The van der Waals surface area contributed by atoms with Crippen LogP contribution in [0.4, 0.5) is 0 Å². The van der Waals surface area contributed by atoms with Crippen molar-refractivity contribution in [1.29, 1.82) is 0 Å². The van der Waals surface area contributed by atoms with Crippen LogP contribution < -0.4 is 11.1 Å². The summed E-state index contributed by atoms with van der Waals surface area (Å²) in [6, 6.07) is 3.69. The lowest BCUT2D eigenvalue weighted by molar-refractivity contribution is 0.0837. The van der Waals surface area contributed by atoms with Gasteiger partial charge in [-0.25, -0.2) is 0 Å². The van der Waals surface area contributed by atoms with Gasteiger partial charge in [-0.3, -0.25) is 9.78 Å². The van der Waals surface area contributed by atoms with Crippen LogP contribution in [-0.4, -0.2) is 29.1 Å². The maximum atomic E-state index is 12.0. The molecule has 2 saturated heterocycles. The van der Waals surface area contributed by atoms with E-state index in [1.165, 1.54) is 0 Å². The van der Waals surface area contributed by atoms with Gasteiger partial charge >= 0.3 is 0 Å². The first-order valence-electron chi connectivity index (χ1n) is 6.37. The number of nitrogens with one attached hydrogen (secondary N) is 1. The highest BCUT2D eigenvalue weighted by Gasteiger charge is 2.41. The molecule has 3 N–H and O–H groups in total. The fourth-order valence-corrected chi connectivity index (χ4v) is 2.71. The molecule has 3 atom stereocenters. The van der Waals surface area contributed by atoms with Gasteiger partial charge in [-0.15, -0.1) is 0 Å². The van der Waals surface area contributed by atoms with Crippen LogP contribution in [0.5, 0.6) is 0 Å². The van der Waals surface area contributed by atoms with Crippen LogP contribution in [0.1, 0.15) is 35.3 Å². The van der Waals surface area contributed by atoms with Crippen LogP contribution in [0.2, 0.25) is 0 Å². The molecule has 2 fully saturated rings. The topological polar surface area (TPSA) is 77.2 Å². The predicted molar refractivity (Wildman–Crippen MR) is 65.9 cm³/mol. The molecule has 18 heavy (non-hydrogen) atoms. The fraction of sp³-hybridized carbons (Fsp3) is 0.538. The minimum Gasteiger partial charge on any atom is -0.373 e. The molecular weight excluding hydrogens is 230 g/mol. The van der Waals surface area contributed by atoms with Gasteiger partial charge in [-0.1, -0.05) is 6.07 Å². The molecule has 0 radical (unpaired) electrons. The number of carbonyl (C=O) groups excluding carboxylic acids is 1. The Bertz CT molecular complexity index is 446. The van der Waals surface area contributed by atoms with Crippen LogP contribution in [0.25, 0.3) is 0 Å². The minimum atomic E-state index is -0.125. The van der Waals surface area contributed by atoms with E-state index in [0.717, 1.165) is 24.8 Å². The van der Waals surface area contributed by atoms with Crippen molar-refractivity contribution in [1.82, 2.24) is 10.3 Å². The number of rotatable bonds is 3.